The number of hydrogen-bond acceptors (Lipinski definition) is 2. The van der Waals surface area contributed by atoms with Crippen LogP contribution in [-0.4, -0.2) is 12.5 Å². The minimum Gasteiger partial charge on any atom is -0.326 e. The molecule has 1 aliphatic carbocycles. The lowest BCUT2D eigenvalue weighted by Crippen LogP contribution is -2.18. The number of anilines is 1. The van der Waals surface area contributed by atoms with Gasteiger partial charge in [0.15, 0.2) is 0 Å². The fraction of sp³-hybridized carbons (Fsp3) is 0.471. The predicted octanol–water partition coefficient (Wildman–Crippen LogP) is 2.91. The molecule has 1 fully saturated rings. The normalized spacial score (nSPS) is 15.2. The summed E-state index contributed by atoms with van der Waals surface area (Å²) in [7, 11) is 0. The molecular formula is C17H22N2O. The summed E-state index contributed by atoms with van der Waals surface area (Å²) in [6.07, 6.45) is 6.90. The lowest BCUT2D eigenvalue weighted by molar-refractivity contribution is -0.117. The first-order valence-electron chi connectivity index (χ1n) is 7.37. The van der Waals surface area contributed by atoms with Crippen molar-refractivity contribution in [3.05, 3.63) is 29.8 Å². The quantitative estimate of drug-likeness (QED) is 0.830. The molecule has 0 spiro atoms. The lowest BCUT2D eigenvalue weighted by atomic mass is 9.87. The predicted molar refractivity (Wildman–Crippen MR) is 82.2 cm³/mol. The summed E-state index contributed by atoms with van der Waals surface area (Å²) >= 11 is 0. The van der Waals surface area contributed by atoms with Crippen LogP contribution < -0.4 is 11.1 Å². The third kappa shape index (κ3) is 4.71. The number of carbonyl (C=O) groups is 1. The van der Waals surface area contributed by atoms with E-state index < -0.39 is 0 Å². The average Bonchev–Trinajstić information content (AvgIpc) is 2.47. The van der Waals surface area contributed by atoms with Crippen LogP contribution in [0.2, 0.25) is 0 Å². The van der Waals surface area contributed by atoms with Crippen molar-refractivity contribution in [3.8, 4) is 11.8 Å². The zero-order valence-electron chi connectivity index (χ0n) is 11.8. The fourth-order valence-electron chi connectivity index (χ4n) is 2.66. The van der Waals surface area contributed by atoms with Gasteiger partial charge in [0.1, 0.15) is 0 Å². The minimum atomic E-state index is 0.123. The molecule has 3 nitrogen and oxygen atoms in total. The number of amides is 1. The van der Waals surface area contributed by atoms with Gasteiger partial charge in [-0.15, -0.1) is 0 Å². The van der Waals surface area contributed by atoms with E-state index in [2.05, 4.69) is 17.2 Å². The molecule has 20 heavy (non-hydrogen) atoms. The fourth-order valence-corrected chi connectivity index (χ4v) is 2.66. The zero-order valence-corrected chi connectivity index (χ0v) is 11.8. The highest BCUT2D eigenvalue weighted by atomic mass is 16.1. The highest BCUT2D eigenvalue weighted by Gasteiger charge is 2.16. The highest BCUT2D eigenvalue weighted by Crippen LogP contribution is 2.26. The molecular weight excluding hydrogens is 248 g/mol. The van der Waals surface area contributed by atoms with E-state index in [4.69, 9.17) is 5.73 Å². The number of hydrogen-bond donors (Lipinski definition) is 2. The van der Waals surface area contributed by atoms with Gasteiger partial charge in [-0.25, -0.2) is 0 Å². The molecule has 1 aromatic carbocycles. The molecule has 0 radical (unpaired) electrons. The van der Waals surface area contributed by atoms with Crippen LogP contribution >= 0.6 is 0 Å². The van der Waals surface area contributed by atoms with Gasteiger partial charge in [0.05, 0.1) is 6.54 Å². The van der Waals surface area contributed by atoms with Crippen molar-refractivity contribution in [1.82, 2.24) is 0 Å². The Morgan fingerprint density at radius 3 is 2.55 bits per heavy atom. The number of nitrogens with two attached hydrogens (primary N) is 1. The summed E-state index contributed by atoms with van der Waals surface area (Å²) in [4.78, 5) is 12.0. The summed E-state index contributed by atoms with van der Waals surface area (Å²) in [6, 6.07) is 7.58. The van der Waals surface area contributed by atoms with Gasteiger partial charge in [0.25, 0.3) is 0 Å². The van der Waals surface area contributed by atoms with Crippen molar-refractivity contribution < 1.29 is 4.79 Å². The molecule has 0 aromatic heterocycles. The number of rotatable bonds is 3. The number of nitrogens with one attached hydrogen (secondary N) is 1. The van der Waals surface area contributed by atoms with Crippen LogP contribution in [-0.2, 0) is 4.79 Å². The number of carbonyl (C=O) groups excluding carboxylic acids is 1. The van der Waals surface area contributed by atoms with Gasteiger partial charge in [-0.2, -0.15) is 0 Å². The molecule has 2 rings (SSSR count). The Morgan fingerprint density at radius 1 is 1.20 bits per heavy atom. The minimum absolute atomic E-state index is 0.123. The van der Waals surface area contributed by atoms with Crippen LogP contribution in [0, 0.1) is 17.8 Å². The van der Waals surface area contributed by atoms with Crippen LogP contribution in [0.4, 0.5) is 5.69 Å². The first-order valence-corrected chi connectivity index (χ1v) is 7.37. The Bertz CT molecular complexity index is 490. The van der Waals surface area contributed by atoms with Crippen molar-refractivity contribution in [2.75, 3.05) is 11.9 Å². The first-order chi connectivity index (χ1) is 9.78. The van der Waals surface area contributed by atoms with Crippen LogP contribution in [0.3, 0.4) is 0 Å². The summed E-state index contributed by atoms with van der Waals surface area (Å²) in [5.74, 6) is 6.46. The smallest absolute Gasteiger partial charge is 0.224 e. The molecule has 0 bridgehead atoms. The summed E-state index contributed by atoms with van der Waals surface area (Å²) in [5, 5.41) is 2.96. The molecule has 1 aromatic rings. The van der Waals surface area contributed by atoms with Gasteiger partial charge in [-0.3, -0.25) is 4.79 Å². The summed E-state index contributed by atoms with van der Waals surface area (Å²) in [6.45, 7) is 0.361. The van der Waals surface area contributed by atoms with Gasteiger partial charge in [0.2, 0.25) is 5.91 Å². The van der Waals surface area contributed by atoms with Crippen LogP contribution in [0.25, 0.3) is 0 Å². The van der Waals surface area contributed by atoms with Gasteiger partial charge >= 0.3 is 0 Å². The van der Waals surface area contributed by atoms with Gasteiger partial charge in [-0.05, 0) is 43.0 Å². The Hall–Kier alpha value is -1.79. The van der Waals surface area contributed by atoms with E-state index in [1.807, 2.05) is 24.3 Å². The molecule has 1 saturated carbocycles. The Labute approximate surface area is 120 Å². The molecule has 1 amide bonds. The van der Waals surface area contributed by atoms with Crippen molar-refractivity contribution in [3.63, 3.8) is 0 Å². The average molecular weight is 270 g/mol. The van der Waals surface area contributed by atoms with Crippen LogP contribution in [0.1, 0.15) is 44.1 Å². The largest absolute Gasteiger partial charge is 0.326 e. The second kappa shape index (κ2) is 7.72. The van der Waals surface area contributed by atoms with Gasteiger partial charge in [-0.1, -0.05) is 31.1 Å². The third-order valence-corrected chi connectivity index (χ3v) is 3.70. The molecule has 106 valence electrons. The Morgan fingerprint density at radius 2 is 1.90 bits per heavy atom. The highest BCUT2D eigenvalue weighted by molar-refractivity contribution is 5.90. The van der Waals surface area contributed by atoms with E-state index in [-0.39, 0.29) is 5.91 Å². The van der Waals surface area contributed by atoms with Crippen LogP contribution in [0.5, 0.6) is 0 Å². The maximum Gasteiger partial charge on any atom is 0.224 e. The standard InChI is InChI=1S/C17H22N2O/c18-12-4-7-14-8-10-16(11-9-14)19-17(20)13-15-5-2-1-3-6-15/h8-11,15H,1-3,5-6,12-13,18H2,(H,19,20). The van der Waals surface area contributed by atoms with Crippen LogP contribution in [0.15, 0.2) is 24.3 Å². The maximum atomic E-state index is 12.0. The van der Waals surface area contributed by atoms with Gasteiger partial charge < -0.3 is 11.1 Å². The second-order valence-electron chi connectivity index (χ2n) is 5.34. The lowest BCUT2D eigenvalue weighted by Gasteiger charge is -2.20. The van der Waals surface area contributed by atoms with E-state index in [1.165, 1.54) is 32.1 Å². The summed E-state index contributed by atoms with van der Waals surface area (Å²) < 4.78 is 0. The third-order valence-electron chi connectivity index (χ3n) is 3.70. The second-order valence-corrected chi connectivity index (χ2v) is 5.34. The first kappa shape index (κ1) is 14.6. The van der Waals surface area contributed by atoms with Gasteiger partial charge in [0, 0.05) is 17.7 Å². The molecule has 0 unspecified atom stereocenters. The molecule has 0 atom stereocenters. The van der Waals surface area contributed by atoms with E-state index in [0.717, 1.165) is 11.3 Å². The van der Waals surface area contributed by atoms with E-state index >= 15 is 0 Å². The Kier molecular flexibility index (Phi) is 5.64. The maximum absolute atomic E-state index is 12.0. The van der Waals surface area contributed by atoms with Crippen molar-refractivity contribution >= 4 is 11.6 Å². The van der Waals surface area contributed by atoms with Crippen molar-refractivity contribution in [1.29, 1.82) is 0 Å². The monoisotopic (exact) mass is 270 g/mol. The molecule has 0 aliphatic heterocycles. The molecule has 3 N–H and O–H groups in total. The van der Waals surface area contributed by atoms with E-state index in [9.17, 15) is 4.79 Å². The molecule has 0 heterocycles. The van der Waals surface area contributed by atoms with Crippen molar-refractivity contribution in [2.24, 2.45) is 11.7 Å². The topological polar surface area (TPSA) is 55.1 Å². The zero-order chi connectivity index (χ0) is 14.2. The van der Waals surface area contributed by atoms with E-state index in [1.54, 1.807) is 0 Å². The molecule has 3 heteroatoms. The van der Waals surface area contributed by atoms with E-state index in [0.29, 0.717) is 18.9 Å². The van der Waals surface area contributed by atoms with Crippen molar-refractivity contribution in [2.45, 2.75) is 38.5 Å². The number of benzene rings is 1. The SMILES string of the molecule is NCC#Cc1ccc(NC(=O)CC2CCCCC2)cc1. The molecule has 1 aliphatic rings. The molecule has 0 saturated heterocycles. The summed E-state index contributed by atoms with van der Waals surface area (Å²) in [5.41, 5.74) is 7.08. The Balaban J connectivity index is 1.84.